The second kappa shape index (κ2) is 6.78. The first-order valence-corrected chi connectivity index (χ1v) is 9.64. The molecule has 0 bridgehead atoms. The average Bonchev–Trinajstić information content (AvgIpc) is 2.99. The largest absolute Gasteiger partial charge is 0.497 e. The zero-order valence-corrected chi connectivity index (χ0v) is 15.5. The summed E-state index contributed by atoms with van der Waals surface area (Å²) < 4.78 is 39.1. The molecule has 0 fully saturated rings. The number of benzene rings is 2. The fourth-order valence-corrected chi connectivity index (χ4v) is 4.69. The fourth-order valence-electron chi connectivity index (χ4n) is 3.36. The molecule has 0 saturated heterocycles. The molecule has 6 heteroatoms. The number of rotatable bonds is 6. The van der Waals surface area contributed by atoms with Crippen LogP contribution in [-0.4, -0.2) is 34.8 Å². The Morgan fingerprint density at radius 3 is 2.24 bits per heavy atom. The molecule has 0 aliphatic heterocycles. The van der Waals surface area contributed by atoms with E-state index in [2.05, 4.69) is 16.9 Å². The quantitative estimate of drug-likeness (QED) is 0.858. The molecule has 134 valence electrons. The molecule has 3 rings (SSSR count). The summed E-state index contributed by atoms with van der Waals surface area (Å²) in [6.07, 6.45) is 1.40. The highest BCUT2D eigenvalue weighted by atomic mass is 32.2. The predicted molar refractivity (Wildman–Crippen MR) is 96.5 cm³/mol. The Balaban J connectivity index is 1.78. The highest BCUT2D eigenvalue weighted by Crippen LogP contribution is 2.32. The van der Waals surface area contributed by atoms with Gasteiger partial charge in [0.25, 0.3) is 0 Å². The molecular weight excluding hydrogens is 338 g/mol. The van der Waals surface area contributed by atoms with E-state index in [0.29, 0.717) is 24.2 Å². The molecular formula is C19H23NO4S. The van der Waals surface area contributed by atoms with Gasteiger partial charge in [0, 0.05) is 26.5 Å². The van der Waals surface area contributed by atoms with Gasteiger partial charge < -0.3 is 9.47 Å². The first-order chi connectivity index (χ1) is 11.9. The Morgan fingerprint density at radius 2 is 1.72 bits per heavy atom. The number of fused-ring (bicyclic) bond motifs is 1. The number of sulfonamides is 1. The van der Waals surface area contributed by atoms with Crippen LogP contribution in [0.5, 0.6) is 5.75 Å². The van der Waals surface area contributed by atoms with Crippen LogP contribution in [0.15, 0.2) is 47.4 Å². The number of hydrogen-bond donors (Lipinski definition) is 1. The summed E-state index contributed by atoms with van der Waals surface area (Å²) in [6, 6.07) is 13.1. The van der Waals surface area contributed by atoms with E-state index < -0.39 is 15.6 Å². The van der Waals surface area contributed by atoms with Gasteiger partial charge in [-0.05, 0) is 41.8 Å². The van der Waals surface area contributed by atoms with Crippen LogP contribution < -0.4 is 9.46 Å². The topological polar surface area (TPSA) is 64.6 Å². The summed E-state index contributed by atoms with van der Waals surface area (Å²) in [7, 11) is -0.430. The van der Waals surface area contributed by atoms with Crippen LogP contribution >= 0.6 is 0 Å². The molecule has 2 aromatic rings. The van der Waals surface area contributed by atoms with E-state index in [4.69, 9.17) is 9.47 Å². The van der Waals surface area contributed by atoms with Gasteiger partial charge >= 0.3 is 0 Å². The molecule has 0 radical (unpaired) electrons. The van der Waals surface area contributed by atoms with Crippen molar-refractivity contribution >= 4 is 10.0 Å². The summed E-state index contributed by atoms with van der Waals surface area (Å²) in [4.78, 5) is 0.259. The lowest BCUT2D eigenvalue weighted by Crippen LogP contribution is -2.45. The van der Waals surface area contributed by atoms with Crippen LogP contribution in [0.4, 0.5) is 0 Å². The summed E-state index contributed by atoms with van der Waals surface area (Å²) in [5.74, 6) is 0.635. The van der Waals surface area contributed by atoms with Gasteiger partial charge in [0.15, 0.2) is 0 Å². The smallest absolute Gasteiger partial charge is 0.240 e. The number of ether oxygens (including phenoxy) is 2. The van der Waals surface area contributed by atoms with Crippen molar-refractivity contribution in [3.63, 3.8) is 0 Å². The van der Waals surface area contributed by atoms with Gasteiger partial charge in [-0.1, -0.05) is 24.3 Å². The maximum atomic E-state index is 12.7. The standard InChI is InChI=1S/C19H23NO4S/c1-14-10-17(23-2)8-9-18(14)25(21,22)20-13-19(24-3)11-15-6-4-5-7-16(15)12-19/h4-10,20H,11-13H2,1-3H3. The van der Waals surface area contributed by atoms with Crippen molar-refractivity contribution in [2.45, 2.75) is 30.3 Å². The van der Waals surface area contributed by atoms with Crippen molar-refractivity contribution in [2.24, 2.45) is 0 Å². The van der Waals surface area contributed by atoms with Crippen LogP contribution in [-0.2, 0) is 27.6 Å². The molecule has 1 aliphatic rings. The van der Waals surface area contributed by atoms with E-state index in [-0.39, 0.29) is 11.4 Å². The van der Waals surface area contributed by atoms with Crippen molar-refractivity contribution < 1.29 is 17.9 Å². The molecule has 0 atom stereocenters. The molecule has 0 amide bonds. The summed E-state index contributed by atoms with van der Waals surface area (Å²) >= 11 is 0. The van der Waals surface area contributed by atoms with Crippen molar-refractivity contribution in [3.8, 4) is 5.75 Å². The number of aryl methyl sites for hydroxylation is 1. The van der Waals surface area contributed by atoms with Gasteiger partial charge in [0.2, 0.25) is 10.0 Å². The van der Waals surface area contributed by atoms with Crippen molar-refractivity contribution in [1.29, 1.82) is 0 Å². The molecule has 1 aliphatic carbocycles. The Kier molecular flexibility index (Phi) is 4.86. The lowest BCUT2D eigenvalue weighted by atomic mass is 10.0. The van der Waals surface area contributed by atoms with Crippen LogP contribution in [0.3, 0.4) is 0 Å². The SMILES string of the molecule is COc1ccc(S(=O)(=O)NCC2(OC)Cc3ccccc3C2)c(C)c1. The monoisotopic (exact) mass is 361 g/mol. The summed E-state index contributed by atoms with van der Waals surface area (Å²) in [5, 5.41) is 0. The zero-order valence-electron chi connectivity index (χ0n) is 14.7. The number of methoxy groups -OCH3 is 2. The van der Waals surface area contributed by atoms with Crippen LogP contribution in [0.25, 0.3) is 0 Å². The van der Waals surface area contributed by atoms with Crippen molar-refractivity contribution in [2.75, 3.05) is 20.8 Å². The second-order valence-electron chi connectivity index (χ2n) is 6.47. The third-order valence-corrected chi connectivity index (χ3v) is 6.39. The molecule has 2 aromatic carbocycles. The van der Waals surface area contributed by atoms with Crippen molar-refractivity contribution in [1.82, 2.24) is 4.72 Å². The minimum absolute atomic E-state index is 0.228. The van der Waals surface area contributed by atoms with Gasteiger partial charge in [-0.15, -0.1) is 0 Å². The Hall–Kier alpha value is -1.89. The van der Waals surface area contributed by atoms with Crippen LogP contribution in [0, 0.1) is 6.92 Å². The van der Waals surface area contributed by atoms with Crippen LogP contribution in [0.2, 0.25) is 0 Å². The molecule has 5 nitrogen and oxygen atoms in total. The van der Waals surface area contributed by atoms with E-state index in [0.717, 1.165) is 0 Å². The minimum atomic E-state index is -3.62. The van der Waals surface area contributed by atoms with Gasteiger partial charge in [-0.3, -0.25) is 0 Å². The first kappa shape index (κ1) is 17.9. The summed E-state index contributed by atoms with van der Waals surface area (Å²) in [6.45, 7) is 1.99. The zero-order chi connectivity index (χ0) is 18.1. The van der Waals surface area contributed by atoms with E-state index in [1.165, 1.54) is 11.1 Å². The Bertz CT molecular complexity index is 852. The van der Waals surface area contributed by atoms with Gasteiger partial charge in [0.05, 0.1) is 17.6 Å². The maximum Gasteiger partial charge on any atom is 0.240 e. The molecule has 0 aromatic heterocycles. The highest BCUT2D eigenvalue weighted by molar-refractivity contribution is 7.89. The van der Waals surface area contributed by atoms with Crippen molar-refractivity contribution in [3.05, 3.63) is 59.2 Å². The third kappa shape index (κ3) is 3.56. The van der Waals surface area contributed by atoms with Crippen LogP contribution in [0.1, 0.15) is 16.7 Å². The van der Waals surface area contributed by atoms with E-state index in [9.17, 15) is 8.42 Å². The molecule has 0 saturated carbocycles. The highest BCUT2D eigenvalue weighted by Gasteiger charge is 2.38. The first-order valence-electron chi connectivity index (χ1n) is 8.15. The van der Waals surface area contributed by atoms with E-state index in [1.54, 1.807) is 39.3 Å². The minimum Gasteiger partial charge on any atom is -0.497 e. The van der Waals surface area contributed by atoms with E-state index in [1.807, 2.05) is 12.1 Å². The fraction of sp³-hybridized carbons (Fsp3) is 0.368. The van der Waals surface area contributed by atoms with Gasteiger partial charge in [-0.2, -0.15) is 0 Å². The lowest BCUT2D eigenvalue weighted by Gasteiger charge is -2.27. The third-order valence-electron chi connectivity index (χ3n) is 4.83. The normalized spacial score (nSPS) is 15.8. The number of hydrogen-bond acceptors (Lipinski definition) is 4. The maximum absolute atomic E-state index is 12.7. The molecule has 1 N–H and O–H groups in total. The predicted octanol–water partition coefficient (Wildman–Crippen LogP) is 2.47. The van der Waals surface area contributed by atoms with E-state index >= 15 is 0 Å². The molecule has 25 heavy (non-hydrogen) atoms. The van der Waals surface area contributed by atoms with Gasteiger partial charge in [-0.25, -0.2) is 13.1 Å². The second-order valence-corrected chi connectivity index (χ2v) is 8.20. The Labute approximate surface area is 149 Å². The average molecular weight is 361 g/mol. The molecule has 0 unspecified atom stereocenters. The molecule has 0 heterocycles. The summed E-state index contributed by atoms with van der Waals surface area (Å²) in [5.41, 5.74) is 2.53. The van der Waals surface area contributed by atoms with Gasteiger partial charge in [0.1, 0.15) is 5.75 Å². The molecule has 0 spiro atoms. The lowest BCUT2D eigenvalue weighted by molar-refractivity contribution is 0.00378. The number of nitrogens with one attached hydrogen (secondary N) is 1. The Morgan fingerprint density at radius 1 is 1.08 bits per heavy atom.